The van der Waals surface area contributed by atoms with Crippen LogP contribution in [0.1, 0.15) is 37.3 Å². The monoisotopic (exact) mass is 311 g/mol. The highest BCUT2D eigenvalue weighted by molar-refractivity contribution is 5.73. The van der Waals surface area contributed by atoms with E-state index >= 15 is 0 Å². The Morgan fingerprint density at radius 3 is 2.39 bits per heavy atom. The Balaban J connectivity index is 1.49. The zero-order valence-electron chi connectivity index (χ0n) is 13.9. The Kier molecular flexibility index (Phi) is 4.97. The summed E-state index contributed by atoms with van der Waals surface area (Å²) in [4.78, 5) is 15.9. The van der Waals surface area contributed by atoms with Gasteiger partial charge in [0.2, 0.25) is 5.91 Å². The van der Waals surface area contributed by atoms with Gasteiger partial charge in [-0.25, -0.2) is 0 Å². The fraction of sp³-hybridized carbons (Fsp3) is 0.579. The highest BCUT2D eigenvalue weighted by Crippen LogP contribution is 2.32. The molecule has 23 heavy (non-hydrogen) atoms. The molecule has 1 aromatic carbocycles. The molecule has 3 rings (SSSR count). The van der Waals surface area contributed by atoms with Crippen LogP contribution in [0.25, 0.3) is 0 Å². The molecule has 0 spiro atoms. The van der Waals surface area contributed by atoms with Gasteiger partial charge in [-0.1, -0.05) is 12.1 Å². The van der Waals surface area contributed by atoms with Gasteiger partial charge in [0.1, 0.15) is 0 Å². The lowest BCUT2D eigenvalue weighted by Crippen LogP contribution is -2.39. The van der Waals surface area contributed by atoms with Crippen LogP contribution in [-0.4, -0.2) is 41.9 Å². The number of carbonyl (C=O) groups is 1. The second-order valence-electron chi connectivity index (χ2n) is 6.94. The molecular formula is C19H25N3O. The summed E-state index contributed by atoms with van der Waals surface area (Å²) >= 11 is 0. The number of amides is 1. The van der Waals surface area contributed by atoms with Crippen LogP contribution in [0.3, 0.4) is 0 Å². The summed E-state index contributed by atoms with van der Waals surface area (Å²) in [7, 11) is 0. The van der Waals surface area contributed by atoms with Crippen LogP contribution >= 0.6 is 0 Å². The lowest BCUT2D eigenvalue weighted by molar-refractivity contribution is -0.130. The minimum Gasteiger partial charge on any atom is -0.343 e. The van der Waals surface area contributed by atoms with Crippen molar-refractivity contribution in [2.24, 2.45) is 11.8 Å². The van der Waals surface area contributed by atoms with Crippen molar-refractivity contribution in [3.63, 3.8) is 0 Å². The molecule has 1 unspecified atom stereocenters. The predicted octanol–water partition coefficient (Wildman–Crippen LogP) is 2.64. The van der Waals surface area contributed by atoms with E-state index in [-0.39, 0.29) is 5.91 Å². The largest absolute Gasteiger partial charge is 0.343 e. The second-order valence-corrected chi connectivity index (χ2v) is 6.94. The van der Waals surface area contributed by atoms with Crippen molar-refractivity contribution in [2.45, 2.75) is 32.7 Å². The standard InChI is InChI=1S/C19H25N3O/c1-15(23)22-10-7-18(8-11-22)19-6-9-21(14-19)13-17-4-2-16(12-20)3-5-17/h2-5,18-19H,6-11,13-14H2,1H3. The van der Waals surface area contributed by atoms with Gasteiger partial charge >= 0.3 is 0 Å². The first-order chi connectivity index (χ1) is 11.2. The van der Waals surface area contributed by atoms with Crippen molar-refractivity contribution < 1.29 is 4.79 Å². The number of nitriles is 1. The average molecular weight is 311 g/mol. The zero-order valence-corrected chi connectivity index (χ0v) is 13.9. The molecule has 0 bridgehead atoms. The van der Waals surface area contributed by atoms with Crippen LogP contribution < -0.4 is 0 Å². The van der Waals surface area contributed by atoms with Gasteiger partial charge in [-0.3, -0.25) is 9.69 Å². The summed E-state index contributed by atoms with van der Waals surface area (Å²) in [5, 5.41) is 8.86. The molecule has 2 aliphatic rings. The topological polar surface area (TPSA) is 47.3 Å². The Bertz CT molecular complexity index is 582. The SMILES string of the molecule is CC(=O)N1CCC(C2CCN(Cc3ccc(C#N)cc3)C2)CC1. The number of hydrogen-bond donors (Lipinski definition) is 0. The van der Waals surface area contributed by atoms with Crippen molar-refractivity contribution >= 4 is 5.91 Å². The summed E-state index contributed by atoms with van der Waals surface area (Å²) in [5.74, 6) is 1.77. The Labute approximate surface area is 138 Å². The van der Waals surface area contributed by atoms with Crippen LogP contribution in [0.5, 0.6) is 0 Å². The normalized spacial score (nSPS) is 23.0. The third kappa shape index (κ3) is 3.92. The molecule has 4 heteroatoms. The average Bonchev–Trinajstić information content (AvgIpc) is 3.04. The molecule has 4 nitrogen and oxygen atoms in total. The molecular weight excluding hydrogens is 286 g/mol. The second kappa shape index (κ2) is 7.14. The molecule has 0 radical (unpaired) electrons. The highest BCUT2D eigenvalue weighted by atomic mass is 16.2. The molecule has 0 N–H and O–H groups in total. The van der Waals surface area contributed by atoms with E-state index in [1.807, 2.05) is 17.0 Å². The fourth-order valence-corrected chi connectivity index (χ4v) is 4.02. The number of nitrogens with zero attached hydrogens (tertiary/aromatic N) is 3. The van der Waals surface area contributed by atoms with Crippen molar-refractivity contribution in [1.29, 1.82) is 5.26 Å². The minimum absolute atomic E-state index is 0.220. The van der Waals surface area contributed by atoms with Gasteiger partial charge in [-0.2, -0.15) is 5.26 Å². The Morgan fingerprint density at radius 1 is 1.13 bits per heavy atom. The van der Waals surface area contributed by atoms with E-state index < -0.39 is 0 Å². The van der Waals surface area contributed by atoms with Gasteiger partial charge in [0, 0.05) is 33.1 Å². The van der Waals surface area contributed by atoms with E-state index in [2.05, 4.69) is 23.1 Å². The first kappa shape index (κ1) is 16.0. The van der Waals surface area contributed by atoms with Crippen LogP contribution in [0, 0.1) is 23.2 Å². The smallest absolute Gasteiger partial charge is 0.219 e. The van der Waals surface area contributed by atoms with Crippen LogP contribution in [0.4, 0.5) is 0 Å². The van der Waals surface area contributed by atoms with Gasteiger partial charge < -0.3 is 4.90 Å². The molecule has 2 fully saturated rings. The van der Waals surface area contributed by atoms with Crippen molar-refractivity contribution in [3.8, 4) is 6.07 Å². The third-order valence-corrected chi connectivity index (χ3v) is 5.45. The Morgan fingerprint density at radius 2 is 1.78 bits per heavy atom. The fourth-order valence-electron chi connectivity index (χ4n) is 4.02. The quantitative estimate of drug-likeness (QED) is 0.862. The summed E-state index contributed by atoms with van der Waals surface area (Å²) in [6, 6.07) is 10.1. The van der Waals surface area contributed by atoms with Gasteiger partial charge in [-0.05, 0) is 55.3 Å². The molecule has 0 aromatic heterocycles. The number of benzene rings is 1. The van der Waals surface area contributed by atoms with Crippen LogP contribution in [-0.2, 0) is 11.3 Å². The summed E-state index contributed by atoms with van der Waals surface area (Å²) < 4.78 is 0. The molecule has 1 aromatic rings. The molecule has 2 aliphatic heterocycles. The van der Waals surface area contributed by atoms with Gasteiger partial charge in [0.25, 0.3) is 0 Å². The molecule has 0 aliphatic carbocycles. The van der Waals surface area contributed by atoms with Gasteiger partial charge in [0.05, 0.1) is 11.6 Å². The van der Waals surface area contributed by atoms with Crippen molar-refractivity contribution in [1.82, 2.24) is 9.80 Å². The summed E-state index contributed by atoms with van der Waals surface area (Å²) in [5.41, 5.74) is 2.02. The summed E-state index contributed by atoms with van der Waals surface area (Å²) in [6.07, 6.45) is 3.60. The van der Waals surface area contributed by atoms with Crippen molar-refractivity contribution in [2.75, 3.05) is 26.2 Å². The maximum Gasteiger partial charge on any atom is 0.219 e. The Hall–Kier alpha value is -1.86. The van der Waals surface area contributed by atoms with E-state index in [0.29, 0.717) is 0 Å². The lowest BCUT2D eigenvalue weighted by atomic mass is 9.84. The lowest BCUT2D eigenvalue weighted by Gasteiger charge is -2.34. The molecule has 2 saturated heterocycles. The summed E-state index contributed by atoms with van der Waals surface area (Å²) in [6.45, 7) is 6.87. The van der Waals surface area contributed by atoms with E-state index in [0.717, 1.165) is 56.4 Å². The third-order valence-electron chi connectivity index (χ3n) is 5.45. The molecule has 1 atom stereocenters. The van der Waals surface area contributed by atoms with Gasteiger partial charge in [0.15, 0.2) is 0 Å². The first-order valence-electron chi connectivity index (χ1n) is 8.62. The molecule has 1 amide bonds. The van der Waals surface area contributed by atoms with E-state index in [1.165, 1.54) is 18.5 Å². The number of likely N-dealkylation sites (tertiary alicyclic amines) is 2. The zero-order chi connectivity index (χ0) is 16.2. The maximum absolute atomic E-state index is 11.4. The number of hydrogen-bond acceptors (Lipinski definition) is 3. The molecule has 122 valence electrons. The molecule has 2 heterocycles. The van der Waals surface area contributed by atoms with Gasteiger partial charge in [-0.15, -0.1) is 0 Å². The minimum atomic E-state index is 0.220. The van der Waals surface area contributed by atoms with E-state index in [1.54, 1.807) is 6.92 Å². The highest BCUT2D eigenvalue weighted by Gasteiger charge is 2.32. The van der Waals surface area contributed by atoms with E-state index in [9.17, 15) is 4.79 Å². The molecule has 0 saturated carbocycles. The predicted molar refractivity (Wildman–Crippen MR) is 89.5 cm³/mol. The number of rotatable bonds is 3. The number of carbonyl (C=O) groups excluding carboxylic acids is 1. The number of piperidine rings is 1. The van der Waals surface area contributed by atoms with Crippen LogP contribution in [0.2, 0.25) is 0 Å². The maximum atomic E-state index is 11.4. The first-order valence-corrected chi connectivity index (χ1v) is 8.62. The van der Waals surface area contributed by atoms with Crippen LogP contribution in [0.15, 0.2) is 24.3 Å². The van der Waals surface area contributed by atoms with E-state index in [4.69, 9.17) is 5.26 Å². The van der Waals surface area contributed by atoms with Crippen molar-refractivity contribution in [3.05, 3.63) is 35.4 Å².